The smallest absolute Gasteiger partial charge is 0.244 e. The first-order chi connectivity index (χ1) is 11.9. The van der Waals surface area contributed by atoms with E-state index in [1.54, 1.807) is 26.2 Å². The highest BCUT2D eigenvalue weighted by atomic mass is 79.9. The Morgan fingerprint density at radius 1 is 1.16 bits per heavy atom. The molecule has 1 atom stereocenters. The van der Waals surface area contributed by atoms with Crippen LogP contribution in [0, 0.1) is 5.82 Å². The average molecular weight is 408 g/mol. The van der Waals surface area contributed by atoms with E-state index in [0.717, 1.165) is 10.0 Å². The summed E-state index contributed by atoms with van der Waals surface area (Å²) < 4.78 is 24.8. The van der Waals surface area contributed by atoms with Gasteiger partial charge in [0.25, 0.3) is 0 Å². The van der Waals surface area contributed by atoms with Crippen molar-refractivity contribution in [1.82, 2.24) is 5.32 Å². The molecule has 0 heterocycles. The summed E-state index contributed by atoms with van der Waals surface area (Å²) in [7, 11) is 2.98. The fourth-order valence-electron chi connectivity index (χ4n) is 2.30. The van der Waals surface area contributed by atoms with Crippen LogP contribution in [0.25, 0.3) is 6.08 Å². The highest BCUT2D eigenvalue weighted by molar-refractivity contribution is 9.10. The lowest BCUT2D eigenvalue weighted by atomic mass is 10.1. The fraction of sp³-hybridized carbons (Fsp3) is 0.211. The number of amides is 1. The fourth-order valence-corrected chi connectivity index (χ4v) is 2.68. The van der Waals surface area contributed by atoms with Gasteiger partial charge in [0.15, 0.2) is 11.6 Å². The summed E-state index contributed by atoms with van der Waals surface area (Å²) in [5, 5.41) is 2.80. The molecule has 2 rings (SSSR count). The maximum atomic E-state index is 13.8. The number of carbonyl (C=O) groups is 1. The van der Waals surface area contributed by atoms with Gasteiger partial charge in [-0.15, -0.1) is 0 Å². The van der Waals surface area contributed by atoms with E-state index in [0.29, 0.717) is 11.3 Å². The first-order valence-electron chi connectivity index (χ1n) is 7.60. The third kappa shape index (κ3) is 5.06. The Bertz CT molecular complexity index is 792. The summed E-state index contributed by atoms with van der Waals surface area (Å²) in [5.41, 5.74) is 1.43. The van der Waals surface area contributed by atoms with Crippen LogP contribution in [0.1, 0.15) is 24.1 Å². The number of carbonyl (C=O) groups excluding carboxylic acids is 1. The Kier molecular flexibility index (Phi) is 6.58. The molecule has 4 nitrogen and oxygen atoms in total. The predicted octanol–water partition coefficient (Wildman–Crippen LogP) is 4.50. The van der Waals surface area contributed by atoms with Crippen LogP contribution in [0.15, 0.2) is 46.9 Å². The predicted molar refractivity (Wildman–Crippen MR) is 99.2 cm³/mol. The molecule has 2 aromatic carbocycles. The Balaban J connectivity index is 2.07. The van der Waals surface area contributed by atoms with Crippen molar-refractivity contribution in [3.8, 4) is 11.5 Å². The van der Waals surface area contributed by atoms with Gasteiger partial charge in [-0.2, -0.15) is 0 Å². The van der Waals surface area contributed by atoms with E-state index in [9.17, 15) is 9.18 Å². The van der Waals surface area contributed by atoms with Crippen molar-refractivity contribution in [2.45, 2.75) is 13.0 Å². The minimum atomic E-state index is -0.462. The third-order valence-electron chi connectivity index (χ3n) is 3.64. The number of methoxy groups -OCH3 is 2. The van der Waals surface area contributed by atoms with Crippen molar-refractivity contribution >= 4 is 27.9 Å². The monoisotopic (exact) mass is 407 g/mol. The molecule has 0 aliphatic carbocycles. The van der Waals surface area contributed by atoms with Gasteiger partial charge >= 0.3 is 0 Å². The van der Waals surface area contributed by atoms with Crippen LogP contribution in [-0.4, -0.2) is 20.1 Å². The molecule has 2 aromatic rings. The van der Waals surface area contributed by atoms with Crippen LogP contribution in [0.4, 0.5) is 4.39 Å². The van der Waals surface area contributed by atoms with Gasteiger partial charge in [-0.05, 0) is 48.9 Å². The highest BCUT2D eigenvalue weighted by Crippen LogP contribution is 2.24. The third-order valence-corrected chi connectivity index (χ3v) is 4.13. The summed E-state index contributed by atoms with van der Waals surface area (Å²) in [6.45, 7) is 1.78. The van der Waals surface area contributed by atoms with Crippen LogP contribution in [0.5, 0.6) is 11.5 Å². The molecule has 6 heteroatoms. The number of benzene rings is 2. The number of ether oxygens (including phenoxy) is 2. The molecule has 0 aliphatic rings. The van der Waals surface area contributed by atoms with E-state index in [-0.39, 0.29) is 17.7 Å². The van der Waals surface area contributed by atoms with Gasteiger partial charge < -0.3 is 14.8 Å². The van der Waals surface area contributed by atoms with Crippen LogP contribution < -0.4 is 14.8 Å². The van der Waals surface area contributed by atoms with Crippen LogP contribution in [0.3, 0.4) is 0 Å². The van der Waals surface area contributed by atoms with Gasteiger partial charge in [0.1, 0.15) is 5.75 Å². The lowest BCUT2D eigenvalue weighted by molar-refractivity contribution is -0.117. The van der Waals surface area contributed by atoms with Crippen molar-refractivity contribution in [1.29, 1.82) is 0 Å². The highest BCUT2D eigenvalue weighted by Gasteiger charge is 2.11. The van der Waals surface area contributed by atoms with Crippen molar-refractivity contribution in [3.05, 3.63) is 63.9 Å². The number of nitrogens with one attached hydrogen (secondary N) is 1. The summed E-state index contributed by atoms with van der Waals surface area (Å²) >= 11 is 3.39. The lowest BCUT2D eigenvalue weighted by Gasteiger charge is -2.14. The minimum absolute atomic E-state index is 0.170. The van der Waals surface area contributed by atoms with Crippen molar-refractivity contribution in [2.75, 3.05) is 14.2 Å². The molecular weight excluding hydrogens is 389 g/mol. The van der Waals surface area contributed by atoms with Crippen LogP contribution >= 0.6 is 15.9 Å². The zero-order valence-electron chi connectivity index (χ0n) is 14.2. The lowest BCUT2D eigenvalue weighted by Crippen LogP contribution is -2.24. The zero-order valence-corrected chi connectivity index (χ0v) is 15.8. The van der Waals surface area contributed by atoms with E-state index >= 15 is 0 Å². The summed E-state index contributed by atoms with van der Waals surface area (Å²) in [4.78, 5) is 12.1. The maximum absolute atomic E-state index is 13.8. The van der Waals surface area contributed by atoms with E-state index in [1.807, 2.05) is 18.2 Å². The van der Waals surface area contributed by atoms with Gasteiger partial charge in [0, 0.05) is 16.1 Å². The molecule has 0 fully saturated rings. The molecular formula is C19H19BrFNO3. The van der Waals surface area contributed by atoms with Crippen LogP contribution in [0.2, 0.25) is 0 Å². The molecule has 132 valence electrons. The SMILES string of the molecule is COc1ccc([C@H](C)NC(=O)/C=C/c2cc(Br)ccc2OC)cc1F. The number of hydrogen-bond donors (Lipinski definition) is 1. The normalized spacial score (nSPS) is 12.0. The molecule has 0 spiro atoms. The molecule has 0 bridgehead atoms. The van der Waals surface area contributed by atoms with Crippen LogP contribution in [-0.2, 0) is 4.79 Å². The summed E-state index contributed by atoms with van der Waals surface area (Å²) in [6.07, 6.45) is 3.08. The first kappa shape index (κ1) is 19.0. The van der Waals surface area contributed by atoms with E-state index < -0.39 is 5.82 Å². The van der Waals surface area contributed by atoms with Gasteiger partial charge in [0.05, 0.1) is 20.3 Å². The second kappa shape index (κ2) is 8.67. The topological polar surface area (TPSA) is 47.6 Å². The second-order valence-electron chi connectivity index (χ2n) is 5.34. The molecule has 0 saturated carbocycles. The molecule has 1 amide bonds. The molecule has 1 N–H and O–H groups in total. The summed E-state index contributed by atoms with van der Waals surface area (Å²) in [6, 6.07) is 9.78. The number of rotatable bonds is 6. The van der Waals surface area contributed by atoms with Crippen molar-refractivity contribution in [2.24, 2.45) is 0 Å². The first-order valence-corrected chi connectivity index (χ1v) is 8.39. The quantitative estimate of drug-likeness (QED) is 0.717. The van der Waals surface area contributed by atoms with Crippen molar-refractivity contribution in [3.63, 3.8) is 0 Å². The van der Waals surface area contributed by atoms with Gasteiger partial charge in [-0.1, -0.05) is 22.0 Å². The van der Waals surface area contributed by atoms with Gasteiger partial charge in [0.2, 0.25) is 5.91 Å². The number of halogens is 2. The van der Waals surface area contributed by atoms with E-state index in [1.165, 1.54) is 25.3 Å². The Hall–Kier alpha value is -2.34. The Morgan fingerprint density at radius 3 is 2.48 bits per heavy atom. The molecule has 0 radical (unpaired) electrons. The van der Waals surface area contributed by atoms with E-state index in [2.05, 4.69) is 21.2 Å². The van der Waals surface area contributed by atoms with Gasteiger partial charge in [-0.3, -0.25) is 4.79 Å². The number of hydrogen-bond acceptors (Lipinski definition) is 3. The standard InChI is InChI=1S/C19H19BrFNO3/c1-12(13-4-7-18(25-3)16(21)11-13)22-19(23)9-5-14-10-15(20)6-8-17(14)24-2/h4-12H,1-3H3,(H,22,23)/b9-5+/t12-/m0/s1. The molecule has 0 aliphatic heterocycles. The van der Waals surface area contributed by atoms with Crippen molar-refractivity contribution < 1.29 is 18.7 Å². The molecule has 0 unspecified atom stereocenters. The zero-order chi connectivity index (χ0) is 18.4. The molecule has 25 heavy (non-hydrogen) atoms. The second-order valence-corrected chi connectivity index (χ2v) is 6.26. The van der Waals surface area contributed by atoms with Gasteiger partial charge in [-0.25, -0.2) is 4.39 Å². The maximum Gasteiger partial charge on any atom is 0.244 e. The minimum Gasteiger partial charge on any atom is -0.496 e. The Labute approximate surface area is 154 Å². The Morgan fingerprint density at radius 2 is 1.84 bits per heavy atom. The molecule has 0 aromatic heterocycles. The molecule has 0 saturated heterocycles. The largest absolute Gasteiger partial charge is 0.496 e. The summed E-state index contributed by atoms with van der Waals surface area (Å²) in [5.74, 6) is 0.0858. The average Bonchev–Trinajstić information content (AvgIpc) is 2.60. The van der Waals surface area contributed by atoms with E-state index in [4.69, 9.17) is 9.47 Å².